The van der Waals surface area contributed by atoms with Gasteiger partial charge in [0.1, 0.15) is 0 Å². The van der Waals surface area contributed by atoms with E-state index in [0.717, 1.165) is 25.2 Å². The Labute approximate surface area is 177 Å². The Hall–Kier alpha value is -3.13. The first kappa shape index (κ1) is 18.9. The Morgan fingerprint density at radius 1 is 1.07 bits per heavy atom. The molecule has 3 heterocycles. The van der Waals surface area contributed by atoms with Crippen LogP contribution in [0.15, 0.2) is 49.1 Å². The van der Waals surface area contributed by atoms with Crippen molar-refractivity contribution in [3.8, 4) is 11.4 Å². The number of carbonyl (C=O) groups is 1. The van der Waals surface area contributed by atoms with Crippen molar-refractivity contribution in [3.63, 3.8) is 0 Å². The molecule has 0 spiro atoms. The molecule has 1 N–H and O–H groups in total. The Morgan fingerprint density at radius 2 is 1.80 bits per heavy atom. The lowest BCUT2D eigenvalue weighted by atomic mass is 10.0. The number of halogens is 2. The maximum absolute atomic E-state index is 13.5. The zero-order chi connectivity index (χ0) is 20.7. The summed E-state index contributed by atoms with van der Waals surface area (Å²) in [6.45, 7) is 0.710. The van der Waals surface area contributed by atoms with Crippen molar-refractivity contribution in [3.05, 3.63) is 65.5 Å². The van der Waals surface area contributed by atoms with Gasteiger partial charge in [0.15, 0.2) is 11.6 Å². The van der Waals surface area contributed by atoms with Crippen LogP contribution in [0.25, 0.3) is 11.4 Å². The fourth-order valence-corrected chi connectivity index (χ4v) is 4.53. The molecule has 2 aliphatic rings. The first-order chi connectivity index (χ1) is 14.6. The molecule has 9 heteroatoms. The fourth-order valence-electron chi connectivity index (χ4n) is 4.44. The third-order valence-corrected chi connectivity index (χ3v) is 5.89. The molecule has 2 aromatic heterocycles. The van der Waals surface area contributed by atoms with E-state index in [1.807, 2.05) is 17.0 Å². The van der Waals surface area contributed by atoms with Gasteiger partial charge in [-0.3, -0.25) is 4.79 Å². The Morgan fingerprint density at radius 3 is 2.53 bits per heavy atom. The van der Waals surface area contributed by atoms with Crippen molar-refractivity contribution in [2.75, 3.05) is 11.9 Å². The quantitative estimate of drug-likeness (QED) is 0.690. The molecular weight excluding hydrogens is 407 g/mol. The van der Waals surface area contributed by atoms with Gasteiger partial charge in [-0.05, 0) is 24.8 Å². The summed E-state index contributed by atoms with van der Waals surface area (Å²) in [5.41, 5.74) is 1.11. The normalized spacial score (nSPS) is 22.3. The standard InChI is InChI=1S/C21H18ClFN6O/c22-13-7-26-21(27-8-13)28-17-5-12-6-18(17)29(11-12)20(30)16-4-2-1-3-15(16)19-24-9-14(23)10-25-19/h1-4,7-10,12,17-18H,5-6,11H2,(H,26,27,28)/t12-,17-,18+/m1/s1. The van der Waals surface area contributed by atoms with Crippen molar-refractivity contribution >= 4 is 23.5 Å². The molecule has 5 rings (SSSR count). The van der Waals surface area contributed by atoms with Crippen LogP contribution in [0.2, 0.25) is 5.02 Å². The number of anilines is 1. The predicted octanol–water partition coefficient (Wildman–Crippen LogP) is 3.44. The molecule has 1 saturated carbocycles. The van der Waals surface area contributed by atoms with Gasteiger partial charge in [0.2, 0.25) is 5.95 Å². The van der Waals surface area contributed by atoms with E-state index in [9.17, 15) is 9.18 Å². The fraction of sp³-hybridized carbons (Fsp3) is 0.286. The maximum atomic E-state index is 13.5. The van der Waals surface area contributed by atoms with E-state index in [1.165, 1.54) is 0 Å². The number of likely N-dealkylation sites (tertiary alicyclic amines) is 1. The first-order valence-corrected chi connectivity index (χ1v) is 10.1. The lowest BCUT2D eigenvalue weighted by molar-refractivity contribution is 0.0692. The summed E-state index contributed by atoms with van der Waals surface area (Å²) in [5, 5.41) is 3.82. The molecule has 7 nitrogen and oxygen atoms in total. The summed E-state index contributed by atoms with van der Waals surface area (Å²) >= 11 is 5.86. The van der Waals surface area contributed by atoms with E-state index in [0.29, 0.717) is 40.4 Å². The average Bonchev–Trinajstić information content (AvgIpc) is 3.36. The largest absolute Gasteiger partial charge is 0.349 e. The van der Waals surface area contributed by atoms with Crippen LogP contribution in [-0.4, -0.2) is 49.4 Å². The molecular formula is C21H18ClFN6O. The van der Waals surface area contributed by atoms with E-state index >= 15 is 0 Å². The van der Waals surface area contributed by atoms with Crippen LogP contribution < -0.4 is 5.32 Å². The summed E-state index contributed by atoms with van der Waals surface area (Å²) < 4.78 is 13.2. The number of fused-ring (bicyclic) bond motifs is 2. The maximum Gasteiger partial charge on any atom is 0.254 e. The molecule has 2 bridgehead atoms. The van der Waals surface area contributed by atoms with Gasteiger partial charge in [0.25, 0.3) is 5.91 Å². The van der Waals surface area contributed by atoms with Gasteiger partial charge in [0, 0.05) is 18.2 Å². The van der Waals surface area contributed by atoms with Crippen molar-refractivity contribution in [1.82, 2.24) is 24.8 Å². The molecule has 1 aromatic carbocycles. The van der Waals surface area contributed by atoms with E-state index in [4.69, 9.17) is 11.6 Å². The van der Waals surface area contributed by atoms with Crippen molar-refractivity contribution in [1.29, 1.82) is 0 Å². The van der Waals surface area contributed by atoms with Gasteiger partial charge in [-0.2, -0.15) is 0 Å². The minimum absolute atomic E-state index is 0.0453. The van der Waals surface area contributed by atoms with Crippen LogP contribution in [-0.2, 0) is 0 Å². The van der Waals surface area contributed by atoms with Crippen molar-refractivity contribution in [2.24, 2.45) is 5.92 Å². The SMILES string of the molecule is O=C(c1ccccc1-c1ncc(F)cn1)N1C[C@@H]2C[C@@H](Nc3ncc(Cl)cn3)[C@@H]1C2. The first-order valence-electron chi connectivity index (χ1n) is 9.70. The Bertz CT molecular complexity index is 1080. The number of aromatic nitrogens is 4. The highest BCUT2D eigenvalue weighted by atomic mass is 35.5. The van der Waals surface area contributed by atoms with Crippen LogP contribution in [0.3, 0.4) is 0 Å². The second-order valence-electron chi connectivity index (χ2n) is 7.61. The highest BCUT2D eigenvalue weighted by Crippen LogP contribution is 2.40. The molecule has 1 amide bonds. The zero-order valence-corrected chi connectivity index (χ0v) is 16.6. The van der Waals surface area contributed by atoms with E-state index in [1.54, 1.807) is 24.5 Å². The average molecular weight is 425 g/mol. The van der Waals surface area contributed by atoms with E-state index in [2.05, 4.69) is 25.3 Å². The smallest absolute Gasteiger partial charge is 0.254 e. The van der Waals surface area contributed by atoms with Crippen LogP contribution in [0.4, 0.5) is 10.3 Å². The zero-order valence-electron chi connectivity index (χ0n) is 15.9. The second-order valence-corrected chi connectivity index (χ2v) is 8.04. The number of carbonyl (C=O) groups excluding carboxylic acids is 1. The van der Waals surface area contributed by atoms with Gasteiger partial charge in [-0.15, -0.1) is 0 Å². The summed E-state index contributed by atoms with van der Waals surface area (Å²) in [7, 11) is 0. The van der Waals surface area contributed by atoms with Crippen LogP contribution in [0.1, 0.15) is 23.2 Å². The number of rotatable bonds is 4. The second kappa shape index (κ2) is 7.60. The molecule has 0 radical (unpaired) electrons. The summed E-state index contributed by atoms with van der Waals surface area (Å²) in [4.78, 5) is 31.9. The Balaban J connectivity index is 1.39. The molecule has 152 valence electrons. The number of piperidine rings is 1. The third-order valence-electron chi connectivity index (χ3n) is 5.70. The minimum atomic E-state index is -0.516. The van der Waals surface area contributed by atoms with Gasteiger partial charge in [0.05, 0.1) is 41.4 Å². The topological polar surface area (TPSA) is 83.9 Å². The molecule has 1 aliphatic heterocycles. The molecule has 30 heavy (non-hydrogen) atoms. The van der Waals surface area contributed by atoms with Gasteiger partial charge in [-0.25, -0.2) is 24.3 Å². The highest BCUT2D eigenvalue weighted by Gasteiger charge is 2.47. The summed E-state index contributed by atoms with van der Waals surface area (Å²) in [6.07, 6.45) is 7.20. The number of hydrogen-bond donors (Lipinski definition) is 1. The molecule has 3 aromatic rings. The summed E-state index contributed by atoms with van der Waals surface area (Å²) in [6, 6.07) is 7.29. The van der Waals surface area contributed by atoms with Gasteiger partial charge >= 0.3 is 0 Å². The molecule has 2 fully saturated rings. The number of benzene rings is 1. The lowest BCUT2D eigenvalue weighted by Gasteiger charge is -2.34. The Kier molecular flexibility index (Phi) is 4.78. The number of nitrogens with one attached hydrogen (secondary N) is 1. The minimum Gasteiger partial charge on any atom is -0.349 e. The molecule has 0 unspecified atom stereocenters. The monoisotopic (exact) mass is 424 g/mol. The molecule has 3 atom stereocenters. The summed E-state index contributed by atoms with van der Waals surface area (Å²) in [5.74, 6) is 0.670. The van der Waals surface area contributed by atoms with Crippen LogP contribution >= 0.6 is 11.6 Å². The van der Waals surface area contributed by atoms with E-state index in [-0.39, 0.29) is 18.0 Å². The number of amides is 1. The van der Waals surface area contributed by atoms with Gasteiger partial charge in [-0.1, -0.05) is 29.8 Å². The predicted molar refractivity (Wildman–Crippen MR) is 109 cm³/mol. The van der Waals surface area contributed by atoms with Crippen molar-refractivity contribution in [2.45, 2.75) is 24.9 Å². The molecule has 1 aliphatic carbocycles. The number of nitrogens with zero attached hydrogens (tertiary/aromatic N) is 5. The lowest BCUT2D eigenvalue weighted by Crippen LogP contribution is -2.48. The van der Waals surface area contributed by atoms with Gasteiger partial charge < -0.3 is 10.2 Å². The molecule has 1 saturated heterocycles. The van der Waals surface area contributed by atoms with Crippen LogP contribution in [0.5, 0.6) is 0 Å². The van der Waals surface area contributed by atoms with Crippen LogP contribution in [0, 0.1) is 11.7 Å². The number of hydrogen-bond acceptors (Lipinski definition) is 6. The highest BCUT2D eigenvalue weighted by molar-refractivity contribution is 6.30. The van der Waals surface area contributed by atoms with E-state index < -0.39 is 5.82 Å². The third kappa shape index (κ3) is 3.47. The van der Waals surface area contributed by atoms with Crippen molar-refractivity contribution < 1.29 is 9.18 Å².